The van der Waals surface area contributed by atoms with Crippen LogP contribution >= 0.6 is 23.2 Å². The minimum atomic E-state index is 0.234. The molecule has 0 aliphatic rings. The van der Waals surface area contributed by atoms with Crippen molar-refractivity contribution in [2.45, 2.75) is 45.6 Å². The molecule has 0 heterocycles. The Morgan fingerprint density at radius 1 is 1.20 bits per heavy atom. The highest BCUT2D eigenvalue weighted by molar-refractivity contribution is 6.35. The van der Waals surface area contributed by atoms with E-state index in [1.807, 2.05) is 12.1 Å². The second-order valence-corrected chi connectivity index (χ2v) is 6.05. The van der Waals surface area contributed by atoms with Gasteiger partial charge in [-0.1, -0.05) is 49.5 Å². The molecule has 114 valence electrons. The van der Waals surface area contributed by atoms with Crippen LogP contribution in [0.4, 0.5) is 0 Å². The van der Waals surface area contributed by atoms with Crippen LogP contribution in [0.5, 0.6) is 0 Å². The van der Waals surface area contributed by atoms with Gasteiger partial charge in [0, 0.05) is 22.7 Å². The Labute approximate surface area is 132 Å². The van der Waals surface area contributed by atoms with Crippen molar-refractivity contribution < 1.29 is 5.11 Å². The smallest absolute Gasteiger partial charge is 0.0468 e. The van der Waals surface area contributed by atoms with E-state index in [2.05, 4.69) is 19.2 Å². The van der Waals surface area contributed by atoms with E-state index in [9.17, 15) is 0 Å². The molecule has 0 saturated carbocycles. The van der Waals surface area contributed by atoms with Crippen molar-refractivity contribution in [3.63, 3.8) is 0 Å². The van der Waals surface area contributed by atoms with Crippen LogP contribution < -0.4 is 5.32 Å². The first-order valence-corrected chi connectivity index (χ1v) is 8.17. The van der Waals surface area contributed by atoms with Crippen LogP contribution in [0.3, 0.4) is 0 Å². The van der Waals surface area contributed by atoms with Crippen molar-refractivity contribution in [2.75, 3.05) is 13.2 Å². The van der Waals surface area contributed by atoms with Crippen molar-refractivity contribution in [2.24, 2.45) is 5.92 Å². The molecule has 0 amide bonds. The molecule has 2 N–H and O–H groups in total. The molecule has 2 nitrogen and oxygen atoms in total. The van der Waals surface area contributed by atoms with Crippen molar-refractivity contribution in [3.05, 3.63) is 33.8 Å². The van der Waals surface area contributed by atoms with Crippen LogP contribution in [0.1, 0.15) is 51.1 Å². The van der Waals surface area contributed by atoms with Crippen LogP contribution in [0, 0.1) is 5.92 Å². The summed E-state index contributed by atoms with van der Waals surface area (Å²) in [6, 6.07) is 5.90. The summed E-state index contributed by atoms with van der Waals surface area (Å²) in [5.41, 5.74) is 1.10. The van der Waals surface area contributed by atoms with Gasteiger partial charge >= 0.3 is 0 Å². The fraction of sp³-hybridized carbons (Fsp3) is 0.625. The van der Waals surface area contributed by atoms with Gasteiger partial charge in [0.1, 0.15) is 0 Å². The molecule has 2 unspecified atom stereocenters. The normalized spacial score (nSPS) is 14.2. The fourth-order valence-electron chi connectivity index (χ4n) is 2.51. The monoisotopic (exact) mass is 317 g/mol. The quantitative estimate of drug-likeness (QED) is 0.683. The lowest BCUT2D eigenvalue weighted by molar-refractivity contribution is 0.244. The molecule has 0 radical (unpaired) electrons. The molecule has 0 aliphatic heterocycles. The summed E-state index contributed by atoms with van der Waals surface area (Å²) in [4.78, 5) is 0. The molecule has 0 fully saturated rings. The Morgan fingerprint density at radius 3 is 2.50 bits per heavy atom. The molecular formula is C16H25Cl2NO. The predicted octanol–water partition coefficient (Wildman–Crippen LogP) is 4.83. The van der Waals surface area contributed by atoms with Gasteiger partial charge in [0.15, 0.2) is 0 Å². The van der Waals surface area contributed by atoms with E-state index in [4.69, 9.17) is 28.3 Å². The average Bonchev–Trinajstić information content (AvgIpc) is 2.41. The first kappa shape index (κ1) is 17.8. The summed E-state index contributed by atoms with van der Waals surface area (Å²) >= 11 is 12.2. The Hall–Kier alpha value is -0.280. The number of aliphatic hydroxyl groups is 1. The van der Waals surface area contributed by atoms with E-state index in [1.54, 1.807) is 6.07 Å². The summed E-state index contributed by atoms with van der Waals surface area (Å²) < 4.78 is 0. The molecule has 1 aromatic carbocycles. The highest BCUT2D eigenvalue weighted by Gasteiger charge is 2.15. The summed E-state index contributed by atoms with van der Waals surface area (Å²) in [6.07, 6.45) is 4.11. The Kier molecular flexibility index (Phi) is 8.55. The zero-order valence-corrected chi connectivity index (χ0v) is 13.8. The van der Waals surface area contributed by atoms with Crippen LogP contribution in [0.2, 0.25) is 10.0 Å². The molecule has 1 aromatic rings. The third kappa shape index (κ3) is 5.61. The molecule has 0 aromatic heterocycles. The predicted molar refractivity (Wildman–Crippen MR) is 87.6 cm³/mol. The van der Waals surface area contributed by atoms with Gasteiger partial charge in [0.2, 0.25) is 0 Å². The minimum Gasteiger partial charge on any atom is -0.396 e. The van der Waals surface area contributed by atoms with Crippen LogP contribution in [-0.4, -0.2) is 18.3 Å². The highest BCUT2D eigenvalue weighted by atomic mass is 35.5. The number of benzene rings is 1. The van der Waals surface area contributed by atoms with Gasteiger partial charge in [-0.15, -0.1) is 0 Å². The van der Waals surface area contributed by atoms with E-state index in [1.165, 1.54) is 0 Å². The maximum absolute atomic E-state index is 9.11. The zero-order valence-electron chi connectivity index (χ0n) is 12.3. The third-order valence-electron chi connectivity index (χ3n) is 3.63. The summed E-state index contributed by atoms with van der Waals surface area (Å²) in [5, 5.41) is 14.1. The lowest BCUT2D eigenvalue weighted by Crippen LogP contribution is -2.28. The van der Waals surface area contributed by atoms with Crippen LogP contribution in [-0.2, 0) is 0 Å². The molecule has 0 saturated heterocycles. The van der Waals surface area contributed by atoms with Gasteiger partial charge in [-0.25, -0.2) is 0 Å². The summed E-state index contributed by atoms with van der Waals surface area (Å²) in [5.74, 6) is 0.519. The van der Waals surface area contributed by atoms with Gasteiger partial charge in [-0.05, 0) is 49.4 Å². The lowest BCUT2D eigenvalue weighted by Gasteiger charge is -2.23. The van der Waals surface area contributed by atoms with Gasteiger partial charge in [0.05, 0.1) is 0 Å². The van der Waals surface area contributed by atoms with Crippen molar-refractivity contribution in [1.29, 1.82) is 0 Å². The van der Waals surface area contributed by atoms with E-state index in [0.29, 0.717) is 16.0 Å². The van der Waals surface area contributed by atoms with Gasteiger partial charge in [-0.2, -0.15) is 0 Å². The maximum Gasteiger partial charge on any atom is 0.0468 e. The SMILES string of the molecule is CCCC(CCO)CNC(CC)c1ccc(Cl)cc1Cl. The van der Waals surface area contributed by atoms with Crippen LogP contribution in [0.15, 0.2) is 18.2 Å². The molecular weight excluding hydrogens is 293 g/mol. The van der Waals surface area contributed by atoms with Crippen molar-refractivity contribution >= 4 is 23.2 Å². The molecule has 0 aliphatic carbocycles. The zero-order chi connectivity index (χ0) is 15.0. The van der Waals surface area contributed by atoms with E-state index in [-0.39, 0.29) is 12.6 Å². The number of rotatable bonds is 9. The number of aliphatic hydroxyl groups excluding tert-OH is 1. The molecule has 0 spiro atoms. The second kappa shape index (κ2) is 9.62. The van der Waals surface area contributed by atoms with Crippen molar-refractivity contribution in [3.8, 4) is 0 Å². The Morgan fingerprint density at radius 2 is 1.95 bits per heavy atom. The topological polar surface area (TPSA) is 32.3 Å². The Balaban J connectivity index is 2.66. The van der Waals surface area contributed by atoms with Gasteiger partial charge in [0.25, 0.3) is 0 Å². The number of hydrogen-bond donors (Lipinski definition) is 2. The Bertz CT molecular complexity index is 392. The third-order valence-corrected chi connectivity index (χ3v) is 4.20. The fourth-order valence-corrected chi connectivity index (χ4v) is 3.05. The number of halogens is 2. The van der Waals surface area contributed by atoms with Crippen molar-refractivity contribution in [1.82, 2.24) is 5.32 Å². The van der Waals surface area contributed by atoms with E-state index in [0.717, 1.165) is 37.8 Å². The minimum absolute atomic E-state index is 0.234. The standard InChI is InChI=1S/C16H25Cl2NO/c1-3-5-12(8-9-20)11-19-16(4-2)14-7-6-13(17)10-15(14)18/h6-7,10,12,16,19-20H,3-5,8-9,11H2,1-2H3. The van der Waals surface area contributed by atoms with Gasteiger partial charge in [-0.3, -0.25) is 0 Å². The first-order chi connectivity index (χ1) is 9.62. The highest BCUT2D eigenvalue weighted by Crippen LogP contribution is 2.28. The summed E-state index contributed by atoms with van der Waals surface area (Å²) in [7, 11) is 0. The lowest BCUT2D eigenvalue weighted by atomic mass is 9.98. The van der Waals surface area contributed by atoms with E-state index >= 15 is 0 Å². The summed E-state index contributed by atoms with van der Waals surface area (Å²) in [6.45, 7) is 5.48. The number of hydrogen-bond acceptors (Lipinski definition) is 2. The molecule has 1 rings (SSSR count). The first-order valence-electron chi connectivity index (χ1n) is 7.41. The molecule has 4 heteroatoms. The second-order valence-electron chi connectivity index (χ2n) is 5.20. The maximum atomic E-state index is 9.11. The van der Waals surface area contributed by atoms with Crippen LogP contribution in [0.25, 0.3) is 0 Å². The largest absolute Gasteiger partial charge is 0.396 e. The molecule has 2 atom stereocenters. The van der Waals surface area contributed by atoms with E-state index < -0.39 is 0 Å². The number of nitrogens with one attached hydrogen (secondary N) is 1. The molecule has 0 bridgehead atoms. The average molecular weight is 318 g/mol. The molecule has 20 heavy (non-hydrogen) atoms. The van der Waals surface area contributed by atoms with Gasteiger partial charge < -0.3 is 10.4 Å².